The standard InChI is InChI=1S/C14H20FN3O/c1-14(2,3)10-16-18-9-8-17(13(18)19)12-6-4-11(15)5-7-12/h4-7,16H,8-10H2,1-3H3. The lowest BCUT2D eigenvalue weighted by Gasteiger charge is -2.24. The maximum Gasteiger partial charge on any atom is 0.338 e. The lowest BCUT2D eigenvalue weighted by atomic mass is 9.97. The van der Waals surface area contributed by atoms with Crippen LogP contribution in [-0.2, 0) is 0 Å². The first kappa shape index (κ1) is 13.8. The van der Waals surface area contributed by atoms with Crippen molar-refractivity contribution in [1.29, 1.82) is 0 Å². The van der Waals surface area contributed by atoms with Gasteiger partial charge in [-0.05, 0) is 29.7 Å². The molecule has 1 aliphatic rings. The summed E-state index contributed by atoms with van der Waals surface area (Å²) in [5, 5.41) is 1.62. The molecule has 104 valence electrons. The van der Waals surface area contributed by atoms with Gasteiger partial charge in [-0.2, -0.15) is 0 Å². The van der Waals surface area contributed by atoms with Crippen LogP contribution in [0.15, 0.2) is 24.3 Å². The van der Waals surface area contributed by atoms with Crippen molar-refractivity contribution in [2.75, 3.05) is 24.5 Å². The molecule has 1 heterocycles. The van der Waals surface area contributed by atoms with Gasteiger partial charge >= 0.3 is 6.03 Å². The lowest BCUT2D eigenvalue weighted by Crippen LogP contribution is -2.45. The fraction of sp³-hybridized carbons (Fsp3) is 0.500. The van der Waals surface area contributed by atoms with E-state index < -0.39 is 0 Å². The van der Waals surface area contributed by atoms with Crippen LogP contribution in [0, 0.1) is 11.2 Å². The first-order valence-corrected chi connectivity index (χ1v) is 6.45. The van der Waals surface area contributed by atoms with Crippen LogP contribution < -0.4 is 10.3 Å². The largest absolute Gasteiger partial charge is 0.338 e. The summed E-state index contributed by atoms with van der Waals surface area (Å²) in [6, 6.07) is 5.90. The summed E-state index contributed by atoms with van der Waals surface area (Å²) in [5.74, 6) is -0.293. The van der Waals surface area contributed by atoms with Gasteiger partial charge in [0.05, 0.1) is 6.54 Å². The van der Waals surface area contributed by atoms with Crippen molar-refractivity contribution in [2.24, 2.45) is 5.41 Å². The highest BCUT2D eigenvalue weighted by atomic mass is 19.1. The minimum absolute atomic E-state index is 0.0872. The Kier molecular flexibility index (Phi) is 3.75. The predicted octanol–water partition coefficient (Wildman–Crippen LogP) is 2.62. The van der Waals surface area contributed by atoms with E-state index in [0.29, 0.717) is 13.1 Å². The Morgan fingerprint density at radius 2 is 1.84 bits per heavy atom. The van der Waals surface area contributed by atoms with Crippen LogP contribution in [0.5, 0.6) is 0 Å². The van der Waals surface area contributed by atoms with Crippen molar-refractivity contribution in [3.63, 3.8) is 0 Å². The maximum absolute atomic E-state index is 12.9. The van der Waals surface area contributed by atoms with E-state index in [-0.39, 0.29) is 17.3 Å². The molecule has 0 aliphatic carbocycles. The van der Waals surface area contributed by atoms with Crippen LogP contribution in [0.3, 0.4) is 0 Å². The lowest BCUT2D eigenvalue weighted by molar-refractivity contribution is 0.182. The van der Waals surface area contributed by atoms with Gasteiger partial charge in [0.1, 0.15) is 5.82 Å². The molecule has 1 aromatic rings. The SMILES string of the molecule is CC(C)(C)CNN1CCN(c2ccc(F)cc2)C1=O. The molecule has 1 fully saturated rings. The normalized spacial score (nSPS) is 16.3. The number of benzene rings is 1. The summed E-state index contributed by atoms with van der Waals surface area (Å²) in [6.45, 7) is 8.30. The second-order valence-electron chi connectivity index (χ2n) is 5.96. The van der Waals surface area contributed by atoms with Crippen LogP contribution in [0.2, 0.25) is 0 Å². The molecule has 0 bridgehead atoms. The number of carbonyl (C=O) groups is 1. The molecular weight excluding hydrogens is 245 g/mol. The topological polar surface area (TPSA) is 35.6 Å². The molecule has 1 N–H and O–H groups in total. The smallest absolute Gasteiger partial charge is 0.291 e. The van der Waals surface area contributed by atoms with Gasteiger partial charge in [0.25, 0.3) is 0 Å². The minimum Gasteiger partial charge on any atom is -0.291 e. The Labute approximate surface area is 113 Å². The van der Waals surface area contributed by atoms with Gasteiger partial charge in [-0.1, -0.05) is 20.8 Å². The Balaban J connectivity index is 2.00. The molecule has 5 heteroatoms. The van der Waals surface area contributed by atoms with E-state index in [1.165, 1.54) is 12.1 Å². The average molecular weight is 265 g/mol. The molecule has 1 aromatic carbocycles. The zero-order valence-corrected chi connectivity index (χ0v) is 11.6. The average Bonchev–Trinajstić information content (AvgIpc) is 2.68. The number of anilines is 1. The van der Waals surface area contributed by atoms with Crippen LogP contribution >= 0.6 is 0 Å². The maximum atomic E-state index is 12.9. The Bertz CT molecular complexity index is 453. The Morgan fingerprint density at radius 3 is 2.42 bits per heavy atom. The number of halogens is 1. The monoisotopic (exact) mass is 265 g/mol. The third-order valence-corrected chi connectivity index (χ3v) is 2.95. The molecule has 0 aromatic heterocycles. The van der Waals surface area contributed by atoms with E-state index in [2.05, 4.69) is 26.2 Å². The van der Waals surface area contributed by atoms with Gasteiger partial charge in [-0.25, -0.2) is 14.6 Å². The Hall–Kier alpha value is -1.62. The molecular formula is C14H20FN3O. The molecule has 19 heavy (non-hydrogen) atoms. The third-order valence-electron chi connectivity index (χ3n) is 2.95. The highest BCUT2D eigenvalue weighted by Crippen LogP contribution is 2.20. The van der Waals surface area contributed by atoms with E-state index >= 15 is 0 Å². The number of hydrogen-bond acceptors (Lipinski definition) is 2. The summed E-state index contributed by atoms with van der Waals surface area (Å²) < 4.78 is 12.9. The van der Waals surface area contributed by atoms with Gasteiger partial charge in [0, 0.05) is 18.8 Å². The fourth-order valence-corrected chi connectivity index (χ4v) is 1.88. The van der Waals surface area contributed by atoms with Gasteiger partial charge in [0.2, 0.25) is 0 Å². The second kappa shape index (κ2) is 5.17. The summed E-state index contributed by atoms with van der Waals surface area (Å²) in [4.78, 5) is 13.9. The van der Waals surface area contributed by atoms with Crippen molar-refractivity contribution in [3.8, 4) is 0 Å². The zero-order valence-electron chi connectivity index (χ0n) is 11.6. The molecule has 4 nitrogen and oxygen atoms in total. The molecule has 0 spiro atoms. The predicted molar refractivity (Wildman–Crippen MR) is 73.3 cm³/mol. The van der Waals surface area contributed by atoms with E-state index in [1.54, 1.807) is 22.0 Å². The van der Waals surface area contributed by atoms with Crippen molar-refractivity contribution in [1.82, 2.24) is 10.4 Å². The van der Waals surface area contributed by atoms with Crippen molar-refractivity contribution in [3.05, 3.63) is 30.1 Å². The molecule has 1 aliphatic heterocycles. The summed E-state index contributed by atoms with van der Waals surface area (Å²) >= 11 is 0. The van der Waals surface area contributed by atoms with Gasteiger partial charge in [-0.15, -0.1) is 0 Å². The van der Waals surface area contributed by atoms with Crippen LogP contribution in [-0.4, -0.2) is 30.7 Å². The molecule has 0 radical (unpaired) electrons. The Morgan fingerprint density at radius 1 is 1.21 bits per heavy atom. The molecule has 0 saturated carbocycles. The number of hydrazine groups is 1. The van der Waals surface area contributed by atoms with Gasteiger partial charge < -0.3 is 0 Å². The summed E-state index contributed by atoms with van der Waals surface area (Å²) in [6.07, 6.45) is 0. The number of hydrogen-bond donors (Lipinski definition) is 1. The number of nitrogens with zero attached hydrogens (tertiary/aromatic N) is 2. The van der Waals surface area contributed by atoms with E-state index in [0.717, 1.165) is 12.2 Å². The van der Waals surface area contributed by atoms with Crippen molar-refractivity contribution in [2.45, 2.75) is 20.8 Å². The molecule has 0 unspecified atom stereocenters. The molecule has 1 saturated heterocycles. The van der Waals surface area contributed by atoms with Gasteiger partial charge in [-0.3, -0.25) is 9.91 Å². The zero-order chi connectivity index (χ0) is 14.0. The fourth-order valence-electron chi connectivity index (χ4n) is 1.88. The van der Waals surface area contributed by atoms with Crippen LogP contribution in [0.1, 0.15) is 20.8 Å². The highest BCUT2D eigenvalue weighted by Gasteiger charge is 2.30. The first-order valence-electron chi connectivity index (χ1n) is 6.45. The van der Waals surface area contributed by atoms with Crippen LogP contribution in [0.25, 0.3) is 0 Å². The third kappa shape index (κ3) is 3.44. The molecule has 0 atom stereocenters. The summed E-state index contributed by atoms with van der Waals surface area (Å²) in [5.41, 5.74) is 3.99. The van der Waals surface area contributed by atoms with Crippen molar-refractivity contribution >= 4 is 11.7 Å². The summed E-state index contributed by atoms with van der Waals surface area (Å²) in [7, 11) is 0. The first-order chi connectivity index (χ1) is 8.87. The number of carbonyl (C=O) groups excluding carboxylic acids is 1. The molecule has 2 amide bonds. The number of rotatable bonds is 3. The van der Waals surface area contributed by atoms with Gasteiger partial charge in [0.15, 0.2) is 0 Å². The number of nitrogens with one attached hydrogen (secondary N) is 1. The van der Waals surface area contributed by atoms with Crippen molar-refractivity contribution < 1.29 is 9.18 Å². The molecule has 2 rings (SSSR count). The minimum atomic E-state index is -0.293. The number of urea groups is 1. The highest BCUT2D eigenvalue weighted by molar-refractivity contribution is 5.93. The number of amides is 2. The second-order valence-corrected chi connectivity index (χ2v) is 5.96. The van der Waals surface area contributed by atoms with E-state index in [1.807, 2.05) is 0 Å². The quantitative estimate of drug-likeness (QED) is 0.912. The van der Waals surface area contributed by atoms with E-state index in [9.17, 15) is 9.18 Å². The van der Waals surface area contributed by atoms with Crippen LogP contribution in [0.4, 0.5) is 14.9 Å². The van der Waals surface area contributed by atoms with E-state index in [4.69, 9.17) is 0 Å².